The molecular formula is C18H19FN2OS. The van der Waals surface area contributed by atoms with E-state index in [4.69, 9.17) is 4.98 Å². The van der Waals surface area contributed by atoms with Crippen LogP contribution in [-0.4, -0.2) is 9.55 Å². The summed E-state index contributed by atoms with van der Waals surface area (Å²) in [6.07, 6.45) is 0.890. The van der Waals surface area contributed by atoms with Crippen LogP contribution in [0, 0.1) is 5.82 Å². The van der Waals surface area contributed by atoms with Crippen molar-refractivity contribution in [2.45, 2.75) is 39.7 Å². The number of nitrogens with zero attached hydrogens (tertiary/aromatic N) is 2. The number of halogens is 1. The van der Waals surface area contributed by atoms with Crippen molar-refractivity contribution in [1.82, 2.24) is 9.55 Å². The first-order valence-electron chi connectivity index (χ1n) is 7.77. The summed E-state index contributed by atoms with van der Waals surface area (Å²) in [7, 11) is 0. The SMILES string of the molecule is CCc1cc2c(=O)n(Cc3cccc(F)c3)c(C(C)C)nc2s1. The second-order valence-corrected chi connectivity index (χ2v) is 7.05. The standard InChI is InChI=1S/C18H19FN2OS/c1-4-14-9-15-17(23-14)20-16(11(2)3)21(18(15)22)10-12-6-5-7-13(19)8-12/h5-9,11H,4,10H2,1-3H3. The molecule has 3 aromatic rings. The summed E-state index contributed by atoms with van der Waals surface area (Å²) in [6.45, 7) is 6.44. The Morgan fingerprint density at radius 1 is 1.30 bits per heavy atom. The molecule has 3 rings (SSSR count). The van der Waals surface area contributed by atoms with E-state index in [-0.39, 0.29) is 17.3 Å². The molecule has 23 heavy (non-hydrogen) atoms. The highest BCUT2D eigenvalue weighted by Gasteiger charge is 2.16. The lowest BCUT2D eigenvalue weighted by molar-refractivity contribution is 0.612. The molecule has 0 aliphatic rings. The van der Waals surface area contributed by atoms with Crippen LogP contribution in [0.3, 0.4) is 0 Å². The molecule has 0 N–H and O–H groups in total. The van der Waals surface area contributed by atoms with Crippen molar-refractivity contribution in [1.29, 1.82) is 0 Å². The quantitative estimate of drug-likeness (QED) is 0.713. The van der Waals surface area contributed by atoms with Gasteiger partial charge in [-0.1, -0.05) is 32.9 Å². The van der Waals surface area contributed by atoms with Crippen LogP contribution in [0.15, 0.2) is 35.1 Å². The zero-order valence-electron chi connectivity index (χ0n) is 13.5. The summed E-state index contributed by atoms with van der Waals surface area (Å²) >= 11 is 1.58. The monoisotopic (exact) mass is 330 g/mol. The van der Waals surface area contributed by atoms with E-state index < -0.39 is 0 Å². The lowest BCUT2D eigenvalue weighted by atomic mass is 10.1. The van der Waals surface area contributed by atoms with E-state index in [1.54, 1.807) is 22.0 Å². The van der Waals surface area contributed by atoms with E-state index in [9.17, 15) is 9.18 Å². The minimum atomic E-state index is -0.292. The molecule has 3 nitrogen and oxygen atoms in total. The highest BCUT2D eigenvalue weighted by atomic mass is 32.1. The Morgan fingerprint density at radius 3 is 2.74 bits per heavy atom. The summed E-state index contributed by atoms with van der Waals surface area (Å²) in [6, 6.07) is 8.29. The van der Waals surface area contributed by atoms with Crippen LogP contribution in [0.4, 0.5) is 4.39 Å². The van der Waals surface area contributed by atoms with Crippen LogP contribution < -0.4 is 5.56 Å². The summed E-state index contributed by atoms with van der Waals surface area (Å²) in [5.41, 5.74) is 0.722. The maximum Gasteiger partial charge on any atom is 0.262 e. The summed E-state index contributed by atoms with van der Waals surface area (Å²) < 4.78 is 15.1. The maximum atomic E-state index is 13.4. The molecular weight excluding hydrogens is 311 g/mol. The largest absolute Gasteiger partial charge is 0.291 e. The van der Waals surface area contributed by atoms with Gasteiger partial charge in [0.15, 0.2) is 0 Å². The predicted molar refractivity (Wildman–Crippen MR) is 92.8 cm³/mol. The van der Waals surface area contributed by atoms with Crippen LogP contribution >= 0.6 is 11.3 Å². The molecule has 0 radical (unpaired) electrons. The number of aryl methyl sites for hydroxylation is 1. The first-order chi connectivity index (χ1) is 11.0. The third kappa shape index (κ3) is 3.06. The fraction of sp³-hybridized carbons (Fsp3) is 0.333. The third-order valence-corrected chi connectivity index (χ3v) is 5.00. The molecule has 0 spiro atoms. The molecule has 0 saturated carbocycles. The van der Waals surface area contributed by atoms with Crippen molar-refractivity contribution in [3.05, 3.63) is 62.8 Å². The van der Waals surface area contributed by atoms with Gasteiger partial charge < -0.3 is 0 Å². The number of aromatic nitrogens is 2. The molecule has 0 aliphatic heterocycles. The summed E-state index contributed by atoms with van der Waals surface area (Å²) in [4.78, 5) is 19.6. The van der Waals surface area contributed by atoms with Crippen molar-refractivity contribution < 1.29 is 4.39 Å². The van der Waals surface area contributed by atoms with Gasteiger partial charge in [-0.15, -0.1) is 11.3 Å². The van der Waals surface area contributed by atoms with E-state index in [1.807, 2.05) is 26.0 Å². The van der Waals surface area contributed by atoms with Crippen LogP contribution in [-0.2, 0) is 13.0 Å². The number of rotatable bonds is 4. The number of hydrogen-bond acceptors (Lipinski definition) is 3. The van der Waals surface area contributed by atoms with Gasteiger partial charge in [0, 0.05) is 10.8 Å². The molecule has 0 atom stereocenters. The van der Waals surface area contributed by atoms with Crippen molar-refractivity contribution >= 4 is 21.6 Å². The van der Waals surface area contributed by atoms with Gasteiger partial charge in [0.05, 0.1) is 11.9 Å². The number of hydrogen-bond donors (Lipinski definition) is 0. The molecule has 120 valence electrons. The van der Waals surface area contributed by atoms with E-state index in [1.165, 1.54) is 12.1 Å². The molecule has 0 unspecified atom stereocenters. The molecule has 0 fully saturated rings. The molecule has 2 aromatic heterocycles. The van der Waals surface area contributed by atoms with Crippen molar-refractivity contribution in [2.24, 2.45) is 0 Å². The minimum absolute atomic E-state index is 0.0427. The lowest BCUT2D eigenvalue weighted by Crippen LogP contribution is -2.26. The Bertz CT molecular complexity index is 911. The third-order valence-electron chi connectivity index (χ3n) is 3.83. The molecule has 0 bridgehead atoms. The van der Waals surface area contributed by atoms with Crippen molar-refractivity contribution in [3.63, 3.8) is 0 Å². The lowest BCUT2D eigenvalue weighted by Gasteiger charge is -2.15. The molecule has 0 aliphatic carbocycles. The number of benzene rings is 1. The second-order valence-electron chi connectivity index (χ2n) is 5.93. The fourth-order valence-corrected chi connectivity index (χ4v) is 3.63. The van der Waals surface area contributed by atoms with E-state index in [2.05, 4.69) is 6.92 Å². The number of thiophene rings is 1. The molecule has 5 heteroatoms. The van der Waals surface area contributed by atoms with Crippen LogP contribution in [0.5, 0.6) is 0 Å². The van der Waals surface area contributed by atoms with Gasteiger partial charge in [-0.2, -0.15) is 0 Å². The first-order valence-corrected chi connectivity index (χ1v) is 8.58. The molecule has 1 aromatic carbocycles. The second kappa shape index (κ2) is 6.24. The molecule has 0 saturated heterocycles. The average Bonchev–Trinajstić information content (AvgIpc) is 2.93. The highest BCUT2D eigenvalue weighted by Crippen LogP contribution is 2.24. The topological polar surface area (TPSA) is 34.9 Å². The van der Waals surface area contributed by atoms with E-state index in [0.29, 0.717) is 11.9 Å². The number of fused-ring (bicyclic) bond motifs is 1. The normalized spacial score (nSPS) is 11.5. The molecule has 0 amide bonds. The zero-order chi connectivity index (χ0) is 16.6. The van der Waals surface area contributed by atoms with E-state index in [0.717, 1.165) is 27.5 Å². The Morgan fingerprint density at radius 2 is 2.09 bits per heavy atom. The van der Waals surface area contributed by atoms with Crippen molar-refractivity contribution in [2.75, 3.05) is 0 Å². The maximum absolute atomic E-state index is 13.4. The van der Waals surface area contributed by atoms with Gasteiger partial charge in [0.2, 0.25) is 0 Å². The smallest absolute Gasteiger partial charge is 0.262 e. The molecule has 2 heterocycles. The van der Waals surface area contributed by atoms with E-state index >= 15 is 0 Å². The predicted octanol–water partition coefficient (Wildman–Crippen LogP) is 4.33. The fourth-order valence-electron chi connectivity index (χ4n) is 2.67. The van der Waals surface area contributed by atoms with Crippen LogP contribution in [0.25, 0.3) is 10.2 Å². The van der Waals surface area contributed by atoms with Gasteiger partial charge in [-0.3, -0.25) is 9.36 Å². The summed E-state index contributed by atoms with van der Waals surface area (Å²) in [5.74, 6) is 0.573. The average molecular weight is 330 g/mol. The van der Waals surface area contributed by atoms with Crippen LogP contribution in [0.1, 0.15) is 43.0 Å². The first kappa shape index (κ1) is 15.9. The van der Waals surface area contributed by atoms with Gasteiger partial charge in [0.1, 0.15) is 16.5 Å². The Hall–Kier alpha value is -2.01. The zero-order valence-corrected chi connectivity index (χ0v) is 14.3. The van der Waals surface area contributed by atoms with Gasteiger partial charge in [-0.25, -0.2) is 9.37 Å². The van der Waals surface area contributed by atoms with Crippen LogP contribution in [0.2, 0.25) is 0 Å². The summed E-state index contributed by atoms with van der Waals surface area (Å²) in [5, 5.41) is 0.660. The Balaban J connectivity index is 2.19. The minimum Gasteiger partial charge on any atom is -0.291 e. The van der Waals surface area contributed by atoms with Gasteiger partial charge in [0.25, 0.3) is 5.56 Å². The Kier molecular flexibility index (Phi) is 4.31. The highest BCUT2D eigenvalue weighted by molar-refractivity contribution is 7.18. The van der Waals surface area contributed by atoms with Crippen molar-refractivity contribution in [3.8, 4) is 0 Å². The Labute approximate surface area is 138 Å². The van der Waals surface area contributed by atoms with Gasteiger partial charge in [-0.05, 0) is 30.2 Å². The van der Waals surface area contributed by atoms with Gasteiger partial charge >= 0.3 is 0 Å².